The van der Waals surface area contributed by atoms with E-state index in [2.05, 4.69) is 58.5 Å². The van der Waals surface area contributed by atoms with Crippen LogP contribution in [0.4, 0.5) is 5.00 Å². The molecule has 0 saturated heterocycles. The fourth-order valence-electron chi connectivity index (χ4n) is 6.18. The van der Waals surface area contributed by atoms with Gasteiger partial charge in [-0.1, -0.05) is 29.5 Å². The maximum Gasteiger partial charge on any atom is 0.306 e. The fourth-order valence-corrected chi connectivity index (χ4v) is 7.46. The van der Waals surface area contributed by atoms with Crippen LogP contribution in [0.2, 0.25) is 0 Å². The Kier molecular flexibility index (Phi) is 6.49. The largest absolute Gasteiger partial charge is 0.466 e. The Balaban J connectivity index is 1.37. The molecule has 6 nitrogen and oxygen atoms in total. The van der Waals surface area contributed by atoms with E-state index in [0.717, 1.165) is 41.7 Å². The Bertz CT molecular complexity index is 1450. The minimum absolute atomic E-state index is 0.0824. The first-order chi connectivity index (χ1) is 18.0. The highest BCUT2D eigenvalue weighted by molar-refractivity contribution is 7.16. The number of anilines is 1. The van der Waals surface area contributed by atoms with E-state index in [4.69, 9.17) is 4.74 Å². The average Bonchev–Trinajstić information content (AvgIpc) is 3.51. The van der Waals surface area contributed by atoms with Gasteiger partial charge in [-0.25, -0.2) is 4.68 Å². The number of rotatable bonds is 6. The van der Waals surface area contributed by atoms with Crippen molar-refractivity contribution < 1.29 is 9.53 Å². The lowest BCUT2D eigenvalue weighted by Crippen LogP contribution is -2.31. The molecule has 0 bridgehead atoms. The van der Waals surface area contributed by atoms with Gasteiger partial charge in [0.25, 0.3) is 0 Å². The third-order valence-corrected chi connectivity index (χ3v) is 9.40. The molecule has 0 radical (unpaired) electrons. The Morgan fingerprint density at radius 3 is 2.81 bits per heavy atom. The van der Waals surface area contributed by atoms with E-state index in [1.165, 1.54) is 47.4 Å². The lowest BCUT2D eigenvalue weighted by Gasteiger charge is -2.32. The van der Waals surface area contributed by atoms with Crippen LogP contribution in [0.25, 0.3) is 11.0 Å². The molecule has 0 fully saturated rings. The molecule has 2 aromatic heterocycles. The van der Waals surface area contributed by atoms with Gasteiger partial charge in [-0.05, 0) is 91.5 Å². The number of aryl methyl sites for hydroxylation is 4. The van der Waals surface area contributed by atoms with E-state index >= 15 is 0 Å². The molecule has 0 saturated carbocycles. The van der Waals surface area contributed by atoms with Crippen molar-refractivity contribution in [2.24, 2.45) is 7.05 Å². The minimum Gasteiger partial charge on any atom is -0.466 e. The zero-order chi connectivity index (χ0) is 25.5. The van der Waals surface area contributed by atoms with Gasteiger partial charge in [0.05, 0.1) is 23.5 Å². The van der Waals surface area contributed by atoms with Gasteiger partial charge in [0.1, 0.15) is 5.52 Å². The van der Waals surface area contributed by atoms with Gasteiger partial charge in [0, 0.05) is 30.9 Å². The first-order valence-corrected chi connectivity index (χ1v) is 14.3. The summed E-state index contributed by atoms with van der Waals surface area (Å²) in [5.41, 5.74) is 9.65. The van der Waals surface area contributed by atoms with Crippen LogP contribution in [0.5, 0.6) is 0 Å². The number of ether oxygens (including phenoxy) is 1. The maximum absolute atomic E-state index is 12.8. The molecule has 0 spiro atoms. The van der Waals surface area contributed by atoms with Crippen LogP contribution < -0.4 is 4.90 Å². The molecular weight excluding hydrogens is 480 g/mol. The van der Waals surface area contributed by atoms with Gasteiger partial charge in [0.2, 0.25) is 0 Å². The summed E-state index contributed by atoms with van der Waals surface area (Å²) >= 11 is 1.99. The number of carbonyl (C=O) groups excluding carboxylic acids is 1. The fraction of sp³-hybridized carbons (Fsp3) is 0.433. The highest BCUT2D eigenvalue weighted by Gasteiger charge is 2.28. The molecule has 2 aromatic carbocycles. The standard InChI is InChI=1S/C30H34N4O2S/c1-4-36-29(35)17-25(22-12-13-26-30(19(22)2)31-32-33(26)3)24-10-7-9-21-18-34(15-14-23(21)24)28-16-20-8-5-6-11-27(20)37-28/h7,9-10,12-13,16,25H,4-6,8,11,14-15,17-18H2,1-3H3. The van der Waals surface area contributed by atoms with Crippen molar-refractivity contribution >= 4 is 33.3 Å². The Hall–Kier alpha value is -3.19. The van der Waals surface area contributed by atoms with Gasteiger partial charge in [-0.2, -0.15) is 0 Å². The molecule has 192 valence electrons. The highest BCUT2D eigenvalue weighted by atomic mass is 32.1. The van der Waals surface area contributed by atoms with Crippen LogP contribution in [-0.4, -0.2) is 34.1 Å². The highest BCUT2D eigenvalue weighted by Crippen LogP contribution is 2.40. The number of esters is 1. The Morgan fingerprint density at radius 2 is 1.97 bits per heavy atom. The van der Waals surface area contributed by atoms with Crippen LogP contribution in [0.15, 0.2) is 36.4 Å². The van der Waals surface area contributed by atoms with Crippen molar-refractivity contribution in [3.8, 4) is 0 Å². The van der Waals surface area contributed by atoms with Crippen molar-refractivity contribution in [3.63, 3.8) is 0 Å². The van der Waals surface area contributed by atoms with Crippen LogP contribution >= 0.6 is 11.3 Å². The van der Waals surface area contributed by atoms with E-state index < -0.39 is 0 Å². The molecule has 0 amide bonds. The number of nitrogens with zero attached hydrogens (tertiary/aromatic N) is 4. The van der Waals surface area contributed by atoms with Gasteiger partial charge in [-0.15, -0.1) is 16.4 Å². The predicted octanol–water partition coefficient (Wildman–Crippen LogP) is 5.86. The van der Waals surface area contributed by atoms with Crippen LogP contribution in [0.3, 0.4) is 0 Å². The molecule has 3 heterocycles. The normalized spacial score (nSPS) is 15.9. The molecule has 4 aromatic rings. The van der Waals surface area contributed by atoms with E-state index in [1.54, 1.807) is 15.1 Å². The van der Waals surface area contributed by atoms with Crippen LogP contribution in [0, 0.1) is 6.92 Å². The molecular formula is C30H34N4O2S. The van der Waals surface area contributed by atoms with Gasteiger partial charge >= 0.3 is 5.97 Å². The maximum atomic E-state index is 12.8. The first kappa shape index (κ1) is 24.2. The van der Waals surface area contributed by atoms with Crippen molar-refractivity contribution in [2.45, 2.75) is 64.8 Å². The molecule has 1 atom stereocenters. The third-order valence-electron chi connectivity index (χ3n) is 8.10. The number of fused-ring (bicyclic) bond motifs is 3. The summed E-state index contributed by atoms with van der Waals surface area (Å²) in [6, 6.07) is 13.3. The van der Waals surface area contributed by atoms with Gasteiger partial charge in [0.15, 0.2) is 0 Å². The third kappa shape index (κ3) is 4.43. The second kappa shape index (κ2) is 9.93. The minimum atomic E-state index is -0.162. The molecule has 37 heavy (non-hydrogen) atoms. The van der Waals surface area contributed by atoms with E-state index in [0.29, 0.717) is 13.0 Å². The average molecular weight is 515 g/mol. The van der Waals surface area contributed by atoms with E-state index in [-0.39, 0.29) is 11.9 Å². The second-order valence-corrected chi connectivity index (χ2v) is 11.4. The smallest absolute Gasteiger partial charge is 0.306 e. The summed E-state index contributed by atoms with van der Waals surface area (Å²) in [5.74, 6) is -0.244. The van der Waals surface area contributed by atoms with Gasteiger partial charge < -0.3 is 9.64 Å². The van der Waals surface area contributed by atoms with Crippen molar-refractivity contribution in [2.75, 3.05) is 18.1 Å². The number of thiophene rings is 1. The summed E-state index contributed by atoms with van der Waals surface area (Å²) < 4.78 is 7.23. The lowest BCUT2D eigenvalue weighted by atomic mass is 9.80. The Labute approximate surface area is 222 Å². The predicted molar refractivity (Wildman–Crippen MR) is 148 cm³/mol. The molecule has 2 aliphatic rings. The summed E-state index contributed by atoms with van der Waals surface area (Å²) in [6.07, 6.45) is 6.39. The molecule has 0 N–H and O–H groups in total. The van der Waals surface area contributed by atoms with E-state index in [9.17, 15) is 4.79 Å². The molecule has 1 unspecified atom stereocenters. The Morgan fingerprint density at radius 1 is 1.11 bits per heavy atom. The molecule has 6 rings (SSSR count). The summed E-state index contributed by atoms with van der Waals surface area (Å²) in [7, 11) is 1.91. The number of carbonyl (C=O) groups is 1. The number of hydrogen-bond donors (Lipinski definition) is 0. The van der Waals surface area contributed by atoms with Crippen molar-refractivity contribution in [3.05, 3.63) is 74.7 Å². The topological polar surface area (TPSA) is 60.2 Å². The quantitative estimate of drug-likeness (QED) is 0.302. The molecule has 7 heteroatoms. The molecule has 1 aliphatic carbocycles. The van der Waals surface area contributed by atoms with Crippen molar-refractivity contribution in [1.29, 1.82) is 0 Å². The number of hydrogen-bond acceptors (Lipinski definition) is 6. The van der Waals surface area contributed by atoms with E-state index in [1.807, 2.05) is 25.3 Å². The van der Waals surface area contributed by atoms with Crippen molar-refractivity contribution in [1.82, 2.24) is 15.0 Å². The summed E-state index contributed by atoms with van der Waals surface area (Å²) in [6.45, 7) is 6.26. The van der Waals surface area contributed by atoms with Crippen LogP contribution in [0.1, 0.15) is 70.4 Å². The number of aromatic nitrogens is 3. The lowest BCUT2D eigenvalue weighted by molar-refractivity contribution is -0.143. The summed E-state index contributed by atoms with van der Waals surface area (Å²) in [4.78, 5) is 17.0. The molecule has 1 aliphatic heterocycles. The van der Waals surface area contributed by atoms with Crippen LogP contribution in [-0.2, 0) is 42.4 Å². The van der Waals surface area contributed by atoms with Gasteiger partial charge in [-0.3, -0.25) is 4.79 Å². The first-order valence-electron chi connectivity index (χ1n) is 13.4. The number of benzene rings is 2. The zero-order valence-corrected chi connectivity index (χ0v) is 22.7. The monoisotopic (exact) mass is 514 g/mol. The second-order valence-electron chi connectivity index (χ2n) is 10.3. The summed E-state index contributed by atoms with van der Waals surface area (Å²) in [5, 5.41) is 10.1. The zero-order valence-electron chi connectivity index (χ0n) is 21.9. The SMILES string of the molecule is CCOC(=O)CC(c1cccc2c1CCN(c1cc3c(s1)CCCC3)C2)c1ccc2c(nnn2C)c1C.